The van der Waals surface area contributed by atoms with Gasteiger partial charge in [-0.1, -0.05) is 17.6 Å². The fourth-order valence-corrected chi connectivity index (χ4v) is 4.93. The minimum absolute atomic E-state index is 0.0631. The molecule has 5 rings (SSSR count). The third-order valence-electron chi connectivity index (χ3n) is 5.71. The number of aryl methyl sites for hydroxylation is 1. The van der Waals surface area contributed by atoms with Crippen LogP contribution in [0.1, 0.15) is 60.2 Å². The van der Waals surface area contributed by atoms with Gasteiger partial charge in [-0.15, -0.1) is 21.5 Å². The van der Waals surface area contributed by atoms with Crippen molar-refractivity contribution in [2.45, 2.75) is 51.0 Å². The monoisotopic (exact) mass is 397 g/mol. The zero-order valence-electron chi connectivity index (χ0n) is 15.7. The van der Waals surface area contributed by atoms with Crippen molar-refractivity contribution in [3.05, 3.63) is 40.9 Å². The Kier molecular flexibility index (Phi) is 4.72. The van der Waals surface area contributed by atoms with E-state index in [1.807, 2.05) is 22.4 Å². The van der Waals surface area contributed by atoms with E-state index in [4.69, 9.17) is 4.52 Å². The number of thiophene rings is 1. The highest BCUT2D eigenvalue weighted by Crippen LogP contribution is 2.30. The van der Waals surface area contributed by atoms with Crippen LogP contribution in [0.15, 0.2) is 28.1 Å². The van der Waals surface area contributed by atoms with Gasteiger partial charge in [0.25, 0.3) is 5.91 Å². The van der Waals surface area contributed by atoms with Gasteiger partial charge in [-0.25, -0.2) is 0 Å². The van der Waals surface area contributed by atoms with Crippen LogP contribution in [0.3, 0.4) is 0 Å². The second-order valence-electron chi connectivity index (χ2n) is 7.58. The number of hydrogen-bond acceptors (Lipinski definition) is 6. The van der Waals surface area contributed by atoms with Gasteiger partial charge in [0.15, 0.2) is 11.5 Å². The minimum atomic E-state index is -0.0631. The molecule has 0 aliphatic carbocycles. The molecule has 1 saturated heterocycles. The highest BCUT2D eigenvalue weighted by molar-refractivity contribution is 7.13. The molecule has 1 unspecified atom stereocenters. The van der Waals surface area contributed by atoms with E-state index in [0.29, 0.717) is 18.0 Å². The third kappa shape index (κ3) is 3.26. The molecule has 1 fully saturated rings. The van der Waals surface area contributed by atoms with E-state index in [1.165, 1.54) is 19.3 Å². The Morgan fingerprint density at radius 1 is 1.18 bits per heavy atom. The van der Waals surface area contributed by atoms with Crippen LogP contribution in [0.4, 0.5) is 0 Å². The summed E-state index contributed by atoms with van der Waals surface area (Å²) in [5, 5.41) is 15.0. The van der Waals surface area contributed by atoms with Gasteiger partial charge in [0.2, 0.25) is 0 Å². The highest BCUT2D eigenvalue weighted by atomic mass is 32.1. The maximum atomic E-state index is 13.0. The van der Waals surface area contributed by atoms with Crippen LogP contribution in [-0.2, 0) is 13.0 Å². The number of carbonyl (C=O) groups is 1. The molecule has 146 valence electrons. The highest BCUT2D eigenvalue weighted by Gasteiger charge is 2.31. The first-order valence-corrected chi connectivity index (χ1v) is 10.9. The summed E-state index contributed by atoms with van der Waals surface area (Å²) in [5.74, 6) is 2.98. The van der Waals surface area contributed by atoms with Gasteiger partial charge in [-0.05, 0) is 37.1 Å². The average molecular weight is 398 g/mol. The topological polar surface area (TPSA) is 77.1 Å². The number of piperidine rings is 1. The zero-order chi connectivity index (χ0) is 18.9. The van der Waals surface area contributed by atoms with Crippen molar-refractivity contribution in [1.29, 1.82) is 0 Å². The van der Waals surface area contributed by atoms with Crippen LogP contribution in [0, 0.1) is 0 Å². The predicted molar refractivity (Wildman–Crippen MR) is 105 cm³/mol. The van der Waals surface area contributed by atoms with E-state index in [0.717, 1.165) is 48.9 Å². The summed E-state index contributed by atoms with van der Waals surface area (Å²) in [4.78, 5) is 15.9. The van der Waals surface area contributed by atoms with Gasteiger partial charge < -0.3 is 14.0 Å². The minimum Gasteiger partial charge on any atom is -0.355 e. The molecule has 3 aromatic heterocycles. The number of carbonyl (C=O) groups excluding carboxylic acids is 1. The van der Waals surface area contributed by atoms with Crippen molar-refractivity contribution in [3.8, 4) is 10.6 Å². The summed E-state index contributed by atoms with van der Waals surface area (Å²) in [7, 11) is 0. The number of likely N-dealkylation sites (tertiary alicyclic amines) is 1. The van der Waals surface area contributed by atoms with Crippen LogP contribution in [0.5, 0.6) is 0 Å². The lowest BCUT2D eigenvalue weighted by Gasteiger charge is -2.32. The Labute approximate surface area is 167 Å². The Morgan fingerprint density at radius 3 is 3.04 bits per heavy atom. The molecule has 0 saturated carbocycles. The Bertz CT molecular complexity index is 961. The van der Waals surface area contributed by atoms with Crippen molar-refractivity contribution in [3.63, 3.8) is 0 Å². The molecule has 0 bridgehead atoms. The van der Waals surface area contributed by atoms with E-state index in [2.05, 4.69) is 19.9 Å². The summed E-state index contributed by atoms with van der Waals surface area (Å²) in [5.41, 5.74) is 0.379. The first-order valence-electron chi connectivity index (χ1n) is 10.0. The van der Waals surface area contributed by atoms with Gasteiger partial charge in [-0.3, -0.25) is 4.79 Å². The van der Waals surface area contributed by atoms with Crippen molar-refractivity contribution in [2.75, 3.05) is 13.1 Å². The van der Waals surface area contributed by atoms with Crippen molar-refractivity contribution in [2.24, 2.45) is 0 Å². The number of hydrogen-bond donors (Lipinski definition) is 0. The predicted octanol–water partition coefficient (Wildman–Crippen LogP) is 3.74. The van der Waals surface area contributed by atoms with Gasteiger partial charge in [-0.2, -0.15) is 0 Å². The van der Waals surface area contributed by atoms with E-state index < -0.39 is 0 Å². The van der Waals surface area contributed by atoms with E-state index >= 15 is 0 Å². The van der Waals surface area contributed by atoms with Gasteiger partial charge in [0, 0.05) is 38.0 Å². The molecule has 0 aromatic carbocycles. The largest absolute Gasteiger partial charge is 0.355 e. The molecule has 8 heteroatoms. The van der Waals surface area contributed by atoms with E-state index in [-0.39, 0.29) is 11.8 Å². The van der Waals surface area contributed by atoms with Gasteiger partial charge >= 0.3 is 0 Å². The molecular formula is C20H23N5O2S. The fourth-order valence-electron chi connectivity index (χ4n) is 4.25. The maximum Gasteiger partial charge on any atom is 0.276 e. The van der Waals surface area contributed by atoms with Crippen LogP contribution < -0.4 is 0 Å². The lowest BCUT2D eigenvalue weighted by Crippen LogP contribution is -2.40. The van der Waals surface area contributed by atoms with Crippen LogP contribution in [0.25, 0.3) is 10.6 Å². The molecule has 2 aliphatic rings. The molecule has 1 amide bonds. The Balaban J connectivity index is 1.33. The molecule has 1 atom stereocenters. The number of rotatable bonds is 3. The second kappa shape index (κ2) is 7.50. The number of amides is 1. The molecular weight excluding hydrogens is 374 g/mol. The summed E-state index contributed by atoms with van der Waals surface area (Å²) in [6.45, 7) is 2.41. The molecule has 0 N–H and O–H groups in total. The molecule has 5 heterocycles. The lowest BCUT2D eigenvalue weighted by atomic mass is 9.96. The SMILES string of the molecule is O=C(c1cc(-c2cccs2)on1)N1CCCC(c2nnc3n2CCCCC3)C1. The summed E-state index contributed by atoms with van der Waals surface area (Å²) < 4.78 is 7.70. The first kappa shape index (κ1) is 17.6. The smallest absolute Gasteiger partial charge is 0.276 e. The molecule has 28 heavy (non-hydrogen) atoms. The number of fused-ring (bicyclic) bond motifs is 1. The summed E-state index contributed by atoms with van der Waals surface area (Å²) in [6, 6.07) is 5.68. The van der Waals surface area contributed by atoms with E-state index in [9.17, 15) is 4.79 Å². The quantitative estimate of drug-likeness (QED) is 0.673. The normalized spacial score (nSPS) is 20.0. The molecule has 7 nitrogen and oxygen atoms in total. The molecule has 3 aromatic rings. The summed E-state index contributed by atoms with van der Waals surface area (Å²) in [6.07, 6.45) is 6.63. The molecule has 0 radical (unpaired) electrons. The fraction of sp³-hybridized carbons (Fsp3) is 0.500. The zero-order valence-corrected chi connectivity index (χ0v) is 16.5. The number of nitrogens with zero attached hydrogens (tertiary/aromatic N) is 5. The molecule has 2 aliphatic heterocycles. The van der Waals surface area contributed by atoms with Crippen LogP contribution in [-0.4, -0.2) is 43.8 Å². The van der Waals surface area contributed by atoms with Gasteiger partial charge in [0.1, 0.15) is 11.6 Å². The van der Waals surface area contributed by atoms with E-state index in [1.54, 1.807) is 17.4 Å². The van der Waals surface area contributed by atoms with Crippen LogP contribution in [0.2, 0.25) is 0 Å². The average Bonchev–Trinajstić information content (AvgIpc) is 3.46. The molecule has 0 spiro atoms. The third-order valence-corrected chi connectivity index (χ3v) is 6.59. The Hall–Kier alpha value is -2.48. The van der Waals surface area contributed by atoms with Crippen LogP contribution >= 0.6 is 11.3 Å². The Morgan fingerprint density at radius 2 is 2.14 bits per heavy atom. The summed E-state index contributed by atoms with van der Waals surface area (Å²) >= 11 is 1.57. The van der Waals surface area contributed by atoms with Crippen molar-refractivity contribution >= 4 is 17.2 Å². The van der Waals surface area contributed by atoms with Crippen molar-refractivity contribution in [1.82, 2.24) is 24.8 Å². The second-order valence-corrected chi connectivity index (χ2v) is 8.53. The number of aromatic nitrogens is 4. The first-order chi connectivity index (χ1) is 13.8. The van der Waals surface area contributed by atoms with Crippen molar-refractivity contribution < 1.29 is 9.32 Å². The maximum absolute atomic E-state index is 13.0. The van der Waals surface area contributed by atoms with Gasteiger partial charge in [0.05, 0.1) is 4.88 Å². The standard InChI is InChI=1S/C20H23N5O2S/c26-20(15-12-16(27-23-15)17-7-5-11-28-17)24-9-4-6-14(13-24)19-22-21-18-8-2-1-3-10-25(18)19/h5,7,11-12,14H,1-4,6,8-10,13H2. The lowest BCUT2D eigenvalue weighted by molar-refractivity contribution is 0.0692.